The highest BCUT2D eigenvalue weighted by molar-refractivity contribution is 9.10. The monoisotopic (exact) mass is 336 g/mol. The van der Waals surface area contributed by atoms with E-state index < -0.39 is 0 Å². The van der Waals surface area contributed by atoms with Gasteiger partial charge < -0.3 is 15.8 Å². The van der Waals surface area contributed by atoms with Crippen LogP contribution in [0.2, 0.25) is 0 Å². The molecule has 0 fully saturated rings. The van der Waals surface area contributed by atoms with Gasteiger partial charge in [0.2, 0.25) is 0 Å². The van der Waals surface area contributed by atoms with E-state index in [4.69, 9.17) is 10.5 Å². The molecule has 0 bridgehead atoms. The molecule has 0 amide bonds. The number of nitrogens with zero attached hydrogens (tertiary/aromatic N) is 2. The summed E-state index contributed by atoms with van der Waals surface area (Å²) in [5.74, 6) is 2.86. The summed E-state index contributed by atoms with van der Waals surface area (Å²) in [5, 5.41) is 3.22. The normalized spacial score (nSPS) is 10.7. The smallest absolute Gasteiger partial charge is 0.136 e. The second kappa shape index (κ2) is 6.09. The van der Waals surface area contributed by atoms with Crippen molar-refractivity contribution < 1.29 is 4.74 Å². The molecule has 20 heavy (non-hydrogen) atoms. The minimum atomic E-state index is 0.224. The first-order chi connectivity index (χ1) is 9.49. The van der Waals surface area contributed by atoms with E-state index in [0.29, 0.717) is 11.6 Å². The van der Waals surface area contributed by atoms with Gasteiger partial charge in [0.15, 0.2) is 0 Å². The zero-order valence-corrected chi connectivity index (χ0v) is 13.2. The summed E-state index contributed by atoms with van der Waals surface area (Å²) in [6.07, 6.45) is 0. The van der Waals surface area contributed by atoms with Crippen LogP contribution in [0.25, 0.3) is 0 Å². The predicted octanol–water partition coefficient (Wildman–Crippen LogP) is 3.70. The molecule has 0 aliphatic carbocycles. The van der Waals surface area contributed by atoms with E-state index in [2.05, 4.69) is 31.2 Å². The van der Waals surface area contributed by atoms with Gasteiger partial charge in [0.05, 0.1) is 11.6 Å². The highest BCUT2D eigenvalue weighted by Gasteiger charge is 2.08. The molecule has 0 atom stereocenters. The Labute approximate surface area is 126 Å². The fourth-order valence-corrected chi connectivity index (χ4v) is 2.24. The van der Waals surface area contributed by atoms with Crippen LogP contribution in [0, 0.1) is 0 Å². The molecule has 0 saturated carbocycles. The van der Waals surface area contributed by atoms with Crippen molar-refractivity contribution in [3.05, 3.63) is 34.6 Å². The van der Waals surface area contributed by atoms with E-state index in [1.165, 1.54) is 0 Å². The molecule has 2 aromatic rings. The summed E-state index contributed by atoms with van der Waals surface area (Å²) in [5.41, 5.74) is 6.70. The predicted molar refractivity (Wildman–Crippen MR) is 84.5 cm³/mol. The Balaban J connectivity index is 2.27. The third kappa shape index (κ3) is 3.39. The first kappa shape index (κ1) is 14.6. The van der Waals surface area contributed by atoms with Gasteiger partial charge in [-0.2, -0.15) is 0 Å². The van der Waals surface area contributed by atoms with Crippen molar-refractivity contribution in [1.29, 1.82) is 0 Å². The molecule has 0 spiro atoms. The van der Waals surface area contributed by atoms with Gasteiger partial charge in [-0.25, -0.2) is 9.97 Å². The van der Waals surface area contributed by atoms with Crippen molar-refractivity contribution in [2.24, 2.45) is 0 Å². The summed E-state index contributed by atoms with van der Waals surface area (Å²) in [4.78, 5) is 8.67. The van der Waals surface area contributed by atoms with Crippen molar-refractivity contribution in [1.82, 2.24) is 9.97 Å². The van der Waals surface area contributed by atoms with E-state index in [1.807, 2.05) is 32.0 Å². The van der Waals surface area contributed by atoms with E-state index in [9.17, 15) is 0 Å². The van der Waals surface area contributed by atoms with Crippen LogP contribution in [-0.2, 0) is 0 Å². The number of nitrogen functional groups attached to an aromatic ring is 1. The van der Waals surface area contributed by atoms with Gasteiger partial charge in [0.1, 0.15) is 23.2 Å². The molecule has 0 unspecified atom stereocenters. The quantitative estimate of drug-likeness (QED) is 0.890. The largest absolute Gasteiger partial charge is 0.496 e. The Bertz CT molecular complexity index is 616. The van der Waals surface area contributed by atoms with Crippen LogP contribution in [0.1, 0.15) is 25.6 Å². The number of nitrogens with two attached hydrogens (primary N) is 1. The van der Waals surface area contributed by atoms with Crippen molar-refractivity contribution in [3.8, 4) is 5.75 Å². The minimum absolute atomic E-state index is 0.224. The molecule has 5 nitrogen and oxygen atoms in total. The van der Waals surface area contributed by atoms with Gasteiger partial charge >= 0.3 is 0 Å². The molecule has 6 heteroatoms. The maximum Gasteiger partial charge on any atom is 0.136 e. The summed E-state index contributed by atoms with van der Waals surface area (Å²) in [7, 11) is 1.63. The highest BCUT2D eigenvalue weighted by atomic mass is 79.9. The van der Waals surface area contributed by atoms with Crippen LogP contribution in [0.4, 0.5) is 17.3 Å². The van der Waals surface area contributed by atoms with E-state index in [1.54, 1.807) is 13.2 Å². The summed E-state index contributed by atoms with van der Waals surface area (Å²) < 4.78 is 6.07. The standard InChI is InChI=1S/C14H17BrN4O/c1-8(2)14-18-12(16)7-13(19-14)17-9-4-5-11(20-3)10(15)6-9/h4-8H,1-3H3,(H3,16,17,18,19). The van der Waals surface area contributed by atoms with Crippen LogP contribution in [-0.4, -0.2) is 17.1 Å². The van der Waals surface area contributed by atoms with Crippen molar-refractivity contribution >= 4 is 33.3 Å². The van der Waals surface area contributed by atoms with Gasteiger partial charge in [-0.1, -0.05) is 13.8 Å². The van der Waals surface area contributed by atoms with E-state index >= 15 is 0 Å². The second-order valence-corrected chi connectivity index (χ2v) is 5.52. The Morgan fingerprint density at radius 1 is 1.25 bits per heavy atom. The van der Waals surface area contributed by atoms with Gasteiger partial charge in [-0.05, 0) is 34.1 Å². The minimum Gasteiger partial charge on any atom is -0.496 e. The van der Waals surface area contributed by atoms with Crippen LogP contribution in [0.15, 0.2) is 28.7 Å². The zero-order valence-electron chi connectivity index (χ0n) is 11.6. The Morgan fingerprint density at radius 2 is 2.00 bits per heavy atom. The molecule has 1 heterocycles. The zero-order chi connectivity index (χ0) is 14.7. The first-order valence-electron chi connectivity index (χ1n) is 6.24. The van der Waals surface area contributed by atoms with Gasteiger partial charge in [0.25, 0.3) is 0 Å². The third-order valence-electron chi connectivity index (χ3n) is 2.70. The molecule has 1 aromatic heterocycles. The third-order valence-corrected chi connectivity index (χ3v) is 3.32. The average Bonchev–Trinajstić information content (AvgIpc) is 2.38. The molecule has 2 rings (SSSR count). The van der Waals surface area contributed by atoms with Crippen LogP contribution in [0.3, 0.4) is 0 Å². The number of aromatic nitrogens is 2. The highest BCUT2D eigenvalue weighted by Crippen LogP contribution is 2.29. The lowest BCUT2D eigenvalue weighted by atomic mass is 10.2. The lowest BCUT2D eigenvalue weighted by molar-refractivity contribution is 0.412. The molecule has 0 radical (unpaired) electrons. The second-order valence-electron chi connectivity index (χ2n) is 4.67. The Kier molecular flexibility index (Phi) is 4.44. The van der Waals surface area contributed by atoms with Gasteiger partial charge in [-0.15, -0.1) is 0 Å². The lowest BCUT2D eigenvalue weighted by Crippen LogP contribution is -2.04. The van der Waals surface area contributed by atoms with Crippen molar-refractivity contribution in [2.75, 3.05) is 18.2 Å². The number of ether oxygens (including phenoxy) is 1. The van der Waals surface area contributed by atoms with E-state index in [-0.39, 0.29) is 5.92 Å². The average molecular weight is 337 g/mol. The lowest BCUT2D eigenvalue weighted by Gasteiger charge is -2.11. The Morgan fingerprint density at radius 3 is 2.60 bits per heavy atom. The van der Waals surface area contributed by atoms with Crippen LogP contribution >= 0.6 is 15.9 Å². The van der Waals surface area contributed by atoms with Gasteiger partial charge in [-0.3, -0.25) is 0 Å². The van der Waals surface area contributed by atoms with Gasteiger partial charge in [0, 0.05) is 17.7 Å². The molecule has 106 valence electrons. The number of methoxy groups -OCH3 is 1. The summed E-state index contributed by atoms with van der Waals surface area (Å²) in [6.45, 7) is 4.06. The number of benzene rings is 1. The fraction of sp³-hybridized carbons (Fsp3) is 0.286. The number of anilines is 3. The summed E-state index contributed by atoms with van der Waals surface area (Å²) in [6, 6.07) is 7.42. The molecule has 0 aliphatic heterocycles. The number of halogens is 1. The Hall–Kier alpha value is -1.82. The molecule has 0 saturated heterocycles. The SMILES string of the molecule is COc1ccc(Nc2cc(N)nc(C(C)C)n2)cc1Br. The van der Waals surface area contributed by atoms with Crippen molar-refractivity contribution in [3.63, 3.8) is 0 Å². The maximum absolute atomic E-state index is 5.81. The van der Waals surface area contributed by atoms with Crippen molar-refractivity contribution in [2.45, 2.75) is 19.8 Å². The molecular formula is C14H17BrN4O. The topological polar surface area (TPSA) is 73.1 Å². The summed E-state index contributed by atoms with van der Waals surface area (Å²) >= 11 is 3.45. The first-order valence-corrected chi connectivity index (χ1v) is 7.04. The number of hydrogen-bond acceptors (Lipinski definition) is 5. The molecular weight excluding hydrogens is 320 g/mol. The molecule has 3 N–H and O–H groups in total. The van der Waals surface area contributed by atoms with E-state index in [0.717, 1.165) is 21.7 Å². The van der Waals surface area contributed by atoms with Crippen LogP contribution < -0.4 is 15.8 Å². The van der Waals surface area contributed by atoms with Crippen LogP contribution in [0.5, 0.6) is 5.75 Å². The number of nitrogens with one attached hydrogen (secondary N) is 1. The number of hydrogen-bond donors (Lipinski definition) is 2. The molecule has 0 aliphatic rings. The maximum atomic E-state index is 5.81. The number of rotatable bonds is 4. The fourth-order valence-electron chi connectivity index (χ4n) is 1.70. The molecule has 1 aromatic carbocycles.